The number of ether oxygens (including phenoxy) is 1. The van der Waals surface area contributed by atoms with Crippen LogP contribution in [0.25, 0.3) is 0 Å². The van der Waals surface area contributed by atoms with Gasteiger partial charge in [0.15, 0.2) is 0 Å². The number of nitrogens with one attached hydrogen (secondary N) is 2. The van der Waals surface area contributed by atoms with Gasteiger partial charge in [-0.1, -0.05) is 48.5 Å². The van der Waals surface area contributed by atoms with Crippen molar-refractivity contribution in [3.63, 3.8) is 0 Å². The van der Waals surface area contributed by atoms with Crippen LogP contribution in [-0.4, -0.2) is 43.0 Å². The molecule has 0 atom stereocenters. The molecular formula is C27H31N3O2. The maximum absolute atomic E-state index is 13.2. The lowest BCUT2D eigenvalue weighted by Crippen LogP contribution is -2.48. The van der Waals surface area contributed by atoms with Gasteiger partial charge in [0, 0.05) is 18.3 Å². The van der Waals surface area contributed by atoms with Crippen molar-refractivity contribution >= 4 is 11.6 Å². The van der Waals surface area contributed by atoms with Crippen LogP contribution in [0.2, 0.25) is 0 Å². The minimum atomic E-state index is 0.150. The second-order valence-corrected chi connectivity index (χ2v) is 8.10. The van der Waals surface area contributed by atoms with Gasteiger partial charge < -0.3 is 20.3 Å². The summed E-state index contributed by atoms with van der Waals surface area (Å²) in [4.78, 5) is 15.2. The van der Waals surface area contributed by atoms with Crippen molar-refractivity contribution < 1.29 is 9.53 Å². The van der Waals surface area contributed by atoms with Gasteiger partial charge in [0.05, 0.1) is 6.54 Å². The largest absolute Gasteiger partial charge is 0.457 e. The average molecular weight is 430 g/mol. The zero-order valence-electron chi connectivity index (χ0n) is 18.4. The van der Waals surface area contributed by atoms with E-state index >= 15 is 0 Å². The zero-order chi connectivity index (χ0) is 22.0. The number of benzene rings is 3. The molecule has 4 rings (SSSR count). The predicted octanol–water partition coefficient (Wildman–Crippen LogP) is 4.71. The van der Waals surface area contributed by atoms with E-state index in [-0.39, 0.29) is 12.5 Å². The molecule has 1 aliphatic rings. The summed E-state index contributed by atoms with van der Waals surface area (Å²) < 4.78 is 5.84. The SMILES string of the molecule is O=C(CNc1ccc(Oc2ccccc2)cc1)N(CCc1ccccc1)C1CCNCC1. The van der Waals surface area contributed by atoms with Crippen LogP contribution < -0.4 is 15.4 Å². The molecule has 1 aliphatic heterocycles. The van der Waals surface area contributed by atoms with E-state index in [1.807, 2.05) is 60.7 Å². The van der Waals surface area contributed by atoms with Crippen LogP contribution in [0.1, 0.15) is 18.4 Å². The highest BCUT2D eigenvalue weighted by molar-refractivity contribution is 5.81. The van der Waals surface area contributed by atoms with Gasteiger partial charge in [-0.15, -0.1) is 0 Å². The third kappa shape index (κ3) is 6.34. The Morgan fingerprint density at radius 2 is 1.50 bits per heavy atom. The summed E-state index contributed by atoms with van der Waals surface area (Å²) in [5.74, 6) is 1.73. The average Bonchev–Trinajstić information content (AvgIpc) is 2.86. The molecule has 0 saturated carbocycles. The molecule has 166 valence electrons. The lowest BCUT2D eigenvalue weighted by molar-refractivity contribution is -0.132. The second kappa shape index (κ2) is 11.3. The number of rotatable bonds is 9. The Balaban J connectivity index is 1.33. The molecule has 0 spiro atoms. The second-order valence-electron chi connectivity index (χ2n) is 8.10. The normalized spacial score (nSPS) is 14.0. The molecule has 1 saturated heterocycles. The third-order valence-electron chi connectivity index (χ3n) is 5.83. The Morgan fingerprint density at radius 3 is 2.19 bits per heavy atom. The fourth-order valence-corrected chi connectivity index (χ4v) is 4.07. The number of amides is 1. The molecule has 0 unspecified atom stereocenters. The monoisotopic (exact) mass is 429 g/mol. The van der Waals surface area contributed by atoms with Crippen LogP contribution in [0, 0.1) is 0 Å². The van der Waals surface area contributed by atoms with E-state index in [0.29, 0.717) is 6.04 Å². The first-order valence-electron chi connectivity index (χ1n) is 11.4. The van der Waals surface area contributed by atoms with Crippen LogP contribution in [0.15, 0.2) is 84.9 Å². The van der Waals surface area contributed by atoms with Gasteiger partial charge in [0.1, 0.15) is 11.5 Å². The smallest absolute Gasteiger partial charge is 0.242 e. The molecule has 3 aromatic rings. The van der Waals surface area contributed by atoms with Crippen molar-refractivity contribution in [2.75, 3.05) is 31.5 Å². The summed E-state index contributed by atoms with van der Waals surface area (Å²) in [5.41, 5.74) is 2.17. The van der Waals surface area contributed by atoms with E-state index in [2.05, 4.69) is 39.8 Å². The molecule has 5 heteroatoms. The highest BCUT2D eigenvalue weighted by Gasteiger charge is 2.24. The number of carbonyl (C=O) groups is 1. The molecular weight excluding hydrogens is 398 g/mol. The molecule has 0 aliphatic carbocycles. The van der Waals surface area contributed by atoms with Gasteiger partial charge in [-0.05, 0) is 74.3 Å². The van der Waals surface area contributed by atoms with Gasteiger partial charge >= 0.3 is 0 Å². The topological polar surface area (TPSA) is 53.6 Å². The Kier molecular flexibility index (Phi) is 7.77. The molecule has 1 fully saturated rings. The first-order chi connectivity index (χ1) is 15.8. The van der Waals surface area contributed by atoms with Crippen LogP contribution in [0.3, 0.4) is 0 Å². The lowest BCUT2D eigenvalue weighted by Gasteiger charge is -2.35. The number of para-hydroxylation sites is 1. The van der Waals surface area contributed by atoms with E-state index in [9.17, 15) is 4.79 Å². The highest BCUT2D eigenvalue weighted by atomic mass is 16.5. The lowest BCUT2D eigenvalue weighted by atomic mass is 10.0. The fourth-order valence-electron chi connectivity index (χ4n) is 4.07. The van der Waals surface area contributed by atoms with Crippen LogP contribution in [-0.2, 0) is 11.2 Å². The van der Waals surface area contributed by atoms with E-state index < -0.39 is 0 Å². The predicted molar refractivity (Wildman–Crippen MR) is 129 cm³/mol. The summed E-state index contributed by atoms with van der Waals surface area (Å²) in [7, 11) is 0. The molecule has 32 heavy (non-hydrogen) atoms. The van der Waals surface area contributed by atoms with E-state index in [4.69, 9.17) is 4.74 Å². The van der Waals surface area contributed by atoms with Crippen molar-refractivity contribution in [1.82, 2.24) is 10.2 Å². The standard InChI is InChI=1S/C27H31N3O2/c31-27(21-29-23-11-13-26(14-12-23)32-25-9-5-2-6-10-25)30(24-15-18-28-19-16-24)20-17-22-7-3-1-4-8-22/h1-14,24,28-29H,15-21H2. The molecule has 2 N–H and O–H groups in total. The third-order valence-corrected chi connectivity index (χ3v) is 5.83. The first-order valence-corrected chi connectivity index (χ1v) is 11.4. The van der Waals surface area contributed by atoms with Crippen molar-refractivity contribution in [3.8, 4) is 11.5 Å². The van der Waals surface area contributed by atoms with Gasteiger partial charge in [-0.3, -0.25) is 4.79 Å². The fraction of sp³-hybridized carbons (Fsp3) is 0.296. The van der Waals surface area contributed by atoms with Gasteiger partial charge in [0.25, 0.3) is 0 Å². The first kappa shape index (κ1) is 21.9. The van der Waals surface area contributed by atoms with Crippen molar-refractivity contribution in [2.24, 2.45) is 0 Å². The van der Waals surface area contributed by atoms with Crippen molar-refractivity contribution in [2.45, 2.75) is 25.3 Å². The Hall–Kier alpha value is -3.31. The number of hydrogen-bond donors (Lipinski definition) is 2. The Morgan fingerprint density at radius 1 is 0.875 bits per heavy atom. The van der Waals surface area contributed by atoms with Crippen LogP contribution in [0.5, 0.6) is 11.5 Å². The summed E-state index contributed by atoms with van der Waals surface area (Å²) in [5, 5.41) is 6.69. The molecule has 1 heterocycles. The van der Waals surface area contributed by atoms with Gasteiger partial charge in [-0.25, -0.2) is 0 Å². The highest BCUT2D eigenvalue weighted by Crippen LogP contribution is 2.22. The molecule has 5 nitrogen and oxygen atoms in total. The number of piperidine rings is 1. The van der Waals surface area contributed by atoms with Gasteiger partial charge in [0.2, 0.25) is 5.91 Å². The zero-order valence-corrected chi connectivity index (χ0v) is 18.4. The Labute approximate surface area is 190 Å². The number of anilines is 1. The summed E-state index contributed by atoms with van der Waals surface area (Å²) in [6.45, 7) is 2.98. The van der Waals surface area contributed by atoms with Crippen molar-refractivity contribution in [3.05, 3.63) is 90.5 Å². The molecule has 0 radical (unpaired) electrons. The Bertz CT molecular complexity index is 955. The minimum absolute atomic E-state index is 0.150. The molecule has 1 amide bonds. The summed E-state index contributed by atoms with van der Waals surface area (Å²) >= 11 is 0. The summed E-state index contributed by atoms with van der Waals surface area (Å²) in [6, 6.07) is 28.1. The number of nitrogens with zero attached hydrogens (tertiary/aromatic N) is 1. The molecule has 3 aromatic carbocycles. The van der Waals surface area contributed by atoms with Gasteiger partial charge in [-0.2, -0.15) is 0 Å². The quantitative estimate of drug-likeness (QED) is 0.517. The number of hydrogen-bond acceptors (Lipinski definition) is 4. The maximum atomic E-state index is 13.2. The van der Waals surface area contributed by atoms with Crippen LogP contribution in [0.4, 0.5) is 5.69 Å². The van der Waals surface area contributed by atoms with Crippen LogP contribution >= 0.6 is 0 Å². The molecule has 0 bridgehead atoms. The van der Waals surface area contributed by atoms with E-state index in [0.717, 1.165) is 56.1 Å². The van der Waals surface area contributed by atoms with Crippen molar-refractivity contribution in [1.29, 1.82) is 0 Å². The maximum Gasteiger partial charge on any atom is 0.242 e. The van der Waals surface area contributed by atoms with E-state index in [1.54, 1.807) is 0 Å². The minimum Gasteiger partial charge on any atom is -0.457 e. The summed E-state index contributed by atoms with van der Waals surface area (Å²) in [6.07, 6.45) is 2.89. The van der Waals surface area contributed by atoms with E-state index in [1.165, 1.54) is 5.56 Å². The number of carbonyl (C=O) groups excluding carboxylic acids is 1. The molecule has 0 aromatic heterocycles.